The Bertz CT molecular complexity index is 947. The summed E-state index contributed by atoms with van der Waals surface area (Å²) >= 11 is 0. The van der Waals surface area contributed by atoms with Crippen molar-refractivity contribution in [2.45, 2.75) is 39.0 Å². The van der Waals surface area contributed by atoms with Gasteiger partial charge in [-0.1, -0.05) is 43.7 Å². The Morgan fingerprint density at radius 3 is 2.06 bits per heavy atom. The smallest absolute Gasteiger partial charge is 0.119 e. The van der Waals surface area contributed by atoms with Gasteiger partial charge in [-0.25, -0.2) is 0 Å². The second-order valence-corrected chi connectivity index (χ2v) is 9.38. The van der Waals surface area contributed by atoms with Gasteiger partial charge >= 0.3 is 0 Å². The van der Waals surface area contributed by atoms with E-state index in [4.69, 9.17) is 10.00 Å². The van der Waals surface area contributed by atoms with Crippen molar-refractivity contribution in [3.63, 3.8) is 0 Å². The van der Waals surface area contributed by atoms with Crippen LogP contribution < -0.4 is 4.74 Å². The maximum Gasteiger partial charge on any atom is 0.119 e. The molecule has 1 fully saturated rings. The molecular weight excluding hydrogens is 408 g/mol. The molecule has 3 rings (SSSR count). The summed E-state index contributed by atoms with van der Waals surface area (Å²) in [7, 11) is 0. The molecule has 2 aromatic rings. The van der Waals surface area contributed by atoms with Crippen molar-refractivity contribution in [2.24, 2.45) is 5.92 Å². The van der Waals surface area contributed by atoms with Crippen LogP contribution in [0.4, 0.5) is 0 Å². The molecular formula is C28H36N4O. The van der Waals surface area contributed by atoms with Crippen molar-refractivity contribution in [3.8, 4) is 17.9 Å². The van der Waals surface area contributed by atoms with Gasteiger partial charge in [-0.05, 0) is 62.1 Å². The minimum atomic E-state index is -0.511. The number of nitrogens with zero attached hydrogens (tertiary/aromatic N) is 4. The SMILES string of the molecule is Cc1ccc(OCCN2CCN(CCCC(C#N)(c3ccc(C#N)cc3)C(C)C)CC2)cc1. The second-order valence-electron chi connectivity index (χ2n) is 9.38. The Morgan fingerprint density at radius 2 is 1.52 bits per heavy atom. The fourth-order valence-corrected chi connectivity index (χ4v) is 4.60. The fraction of sp³-hybridized carbons (Fsp3) is 0.500. The quantitative estimate of drug-likeness (QED) is 0.529. The molecule has 5 nitrogen and oxygen atoms in total. The molecule has 1 aliphatic heterocycles. The highest BCUT2D eigenvalue weighted by atomic mass is 16.5. The van der Waals surface area contributed by atoms with Gasteiger partial charge in [0.1, 0.15) is 12.4 Å². The van der Waals surface area contributed by atoms with Gasteiger partial charge in [0.25, 0.3) is 0 Å². The molecule has 5 heteroatoms. The van der Waals surface area contributed by atoms with Gasteiger partial charge in [-0.3, -0.25) is 4.90 Å². The molecule has 0 spiro atoms. The first kappa shape index (κ1) is 24.8. The lowest BCUT2D eigenvalue weighted by Crippen LogP contribution is -2.47. The minimum Gasteiger partial charge on any atom is -0.492 e. The average Bonchev–Trinajstić information content (AvgIpc) is 2.84. The average molecular weight is 445 g/mol. The van der Waals surface area contributed by atoms with E-state index in [2.05, 4.69) is 54.8 Å². The number of hydrogen-bond acceptors (Lipinski definition) is 5. The van der Waals surface area contributed by atoms with E-state index >= 15 is 0 Å². The summed E-state index contributed by atoms with van der Waals surface area (Å²) in [6, 6.07) is 20.6. The van der Waals surface area contributed by atoms with Crippen LogP contribution in [0, 0.1) is 35.5 Å². The first-order valence-corrected chi connectivity index (χ1v) is 12.0. The van der Waals surface area contributed by atoms with E-state index in [0.29, 0.717) is 12.2 Å². The molecule has 0 bridgehead atoms. The van der Waals surface area contributed by atoms with Gasteiger partial charge in [0, 0.05) is 32.7 Å². The molecule has 0 radical (unpaired) electrons. The number of aryl methyl sites for hydroxylation is 1. The Morgan fingerprint density at radius 1 is 0.909 bits per heavy atom. The molecule has 33 heavy (non-hydrogen) atoms. The zero-order valence-corrected chi connectivity index (χ0v) is 20.3. The van der Waals surface area contributed by atoms with Crippen molar-refractivity contribution in [2.75, 3.05) is 45.9 Å². The number of hydrogen-bond donors (Lipinski definition) is 0. The lowest BCUT2D eigenvalue weighted by molar-refractivity contribution is 0.114. The summed E-state index contributed by atoms with van der Waals surface area (Å²) < 4.78 is 5.88. The van der Waals surface area contributed by atoms with E-state index in [0.717, 1.165) is 63.4 Å². The third-order valence-electron chi connectivity index (χ3n) is 6.92. The summed E-state index contributed by atoms with van der Waals surface area (Å²) in [5, 5.41) is 19.2. The third kappa shape index (κ3) is 6.57. The van der Waals surface area contributed by atoms with Gasteiger partial charge in [-0.2, -0.15) is 10.5 Å². The maximum atomic E-state index is 10.1. The van der Waals surface area contributed by atoms with Crippen LogP contribution in [-0.2, 0) is 5.41 Å². The van der Waals surface area contributed by atoms with Crippen LogP contribution in [0.1, 0.15) is 43.4 Å². The highest BCUT2D eigenvalue weighted by Crippen LogP contribution is 2.36. The van der Waals surface area contributed by atoms with Crippen LogP contribution in [0.3, 0.4) is 0 Å². The standard InChI is InChI=1S/C28H36N4O/c1-23(2)28(22-30,26-9-7-25(21-29)8-10-26)13-4-14-31-15-17-32(18-16-31)19-20-33-27-11-5-24(3)6-12-27/h5-12,23H,4,13-20H2,1-3H3. The summed E-state index contributed by atoms with van der Waals surface area (Å²) in [6.07, 6.45) is 1.82. The predicted molar refractivity (Wildman–Crippen MR) is 132 cm³/mol. The zero-order chi connectivity index (χ0) is 23.7. The molecule has 2 aromatic carbocycles. The summed E-state index contributed by atoms with van der Waals surface area (Å²) in [5.41, 5.74) is 2.40. The van der Waals surface area contributed by atoms with Crippen LogP contribution in [0.5, 0.6) is 5.75 Å². The van der Waals surface area contributed by atoms with Crippen molar-refractivity contribution in [1.82, 2.24) is 9.80 Å². The Labute approximate surface area is 199 Å². The van der Waals surface area contributed by atoms with Crippen molar-refractivity contribution in [1.29, 1.82) is 10.5 Å². The number of nitriles is 2. The van der Waals surface area contributed by atoms with E-state index in [1.807, 2.05) is 36.4 Å². The first-order chi connectivity index (χ1) is 16.0. The Balaban J connectivity index is 1.43. The topological polar surface area (TPSA) is 63.3 Å². The number of benzene rings is 2. The van der Waals surface area contributed by atoms with Gasteiger partial charge < -0.3 is 9.64 Å². The van der Waals surface area contributed by atoms with E-state index in [1.165, 1.54) is 5.56 Å². The second kappa shape index (κ2) is 11.8. The van der Waals surface area contributed by atoms with Crippen molar-refractivity contribution >= 4 is 0 Å². The van der Waals surface area contributed by atoms with Crippen LogP contribution >= 0.6 is 0 Å². The summed E-state index contributed by atoms with van der Waals surface area (Å²) in [4.78, 5) is 4.98. The molecule has 0 N–H and O–H groups in total. The lowest BCUT2D eigenvalue weighted by atomic mass is 9.69. The molecule has 0 amide bonds. The molecule has 0 aliphatic carbocycles. The summed E-state index contributed by atoms with van der Waals surface area (Å²) in [5.74, 6) is 1.15. The van der Waals surface area contributed by atoms with Gasteiger partial charge in [0.15, 0.2) is 0 Å². The van der Waals surface area contributed by atoms with E-state index < -0.39 is 5.41 Å². The van der Waals surface area contributed by atoms with Crippen LogP contribution in [0.2, 0.25) is 0 Å². The van der Waals surface area contributed by atoms with Gasteiger partial charge in [0.05, 0.1) is 23.1 Å². The Kier molecular flexibility index (Phi) is 8.89. The monoisotopic (exact) mass is 444 g/mol. The number of rotatable bonds is 10. The van der Waals surface area contributed by atoms with E-state index in [1.54, 1.807) is 0 Å². The van der Waals surface area contributed by atoms with Crippen LogP contribution in [0.25, 0.3) is 0 Å². The highest BCUT2D eigenvalue weighted by Gasteiger charge is 2.35. The predicted octanol–water partition coefficient (Wildman–Crippen LogP) is 4.76. The van der Waals surface area contributed by atoms with E-state index in [9.17, 15) is 5.26 Å². The third-order valence-corrected chi connectivity index (χ3v) is 6.92. The van der Waals surface area contributed by atoms with Gasteiger partial charge in [0.2, 0.25) is 0 Å². The highest BCUT2D eigenvalue weighted by molar-refractivity contribution is 5.39. The first-order valence-electron chi connectivity index (χ1n) is 12.0. The molecule has 0 saturated carbocycles. The molecule has 1 saturated heterocycles. The fourth-order valence-electron chi connectivity index (χ4n) is 4.60. The normalized spacial score (nSPS) is 16.7. The van der Waals surface area contributed by atoms with Crippen LogP contribution in [-0.4, -0.2) is 55.7 Å². The molecule has 1 unspecified atom stereocenters. The lowest BCUT2D eigenvalue weighted by Gasteiger charge is -2.36. The largest absolute Gasteiger partial charge is 0.492 e. The minimum absolute atomic E-state index is 0.209. The molecule has 0 aromatic heterocycles. The molecule has 1 aliphatic rings. The van der Waals surface area contributed by atoms with Crippen molar-refractivity contribution < 1.29 is 4.74 Å². The number of ether oxygens (including phenoxy) is 1. The zero-order valence-electron chi connectivity index (χ0n) is 20.3. The van der Waals surface area contributed by atoms with Crippen molar-refractivity contribution in [3.05, 3.63) is 65.2 Å². The molecule has 1 heterocycles. The number of piperazine rings is 1. The van der Waals surface area contributed by atoms with E-state index in [-0.39, 0.29) is 5.92 Å². The van der Waals surface area contributed by atoms with Crippen LogP contribution in [0.15, 0.2) is 48.5 Å². The van der Waals surface area contributed by atoms with Gasteiger partial charge in [-0.15, -0.1) is 0 Å². The molecule has 1 atom stereocenters. The summed E-state index contributed by atoms with van der Waals surface area (Å²) in [6.45, 7) is 13.2. The maximum absolute atomic E-state index is 10.1. The Hall–Kier alpha value is -2.86. The molecule has 174 valence electrons.